The summed E-state index contributed by atoms with van der Waals surface area (Å²) < 4.78 is 5.04. The first-order chi connectivity index (χ1) is 5.72. The van der Waals surface area contributed by atoms with Crippen LogP contribution in [0.15, 0.2) is 0 Å². The van der Waals surface area contributed by atoms with Gasteiger partial charge < -0.3 is 4.74 Å². The molecule has 0 amide bonds. The first-order valence-electron chi connectivity index (χ1n) is 4.38. The highest BCUT2D eigenvalue weighted by Crippen LogP contribution is 2.06. The van der Waals surface area contributed by atoms with Crippen molar-refractivity contribution >= 4 is 17.7 Å². The van der Waals surface area contributed by atoms with E-state index in [1.54, 1.807) is 11.8 Å². The number of hydrogen-bond donors (Lipinski definition) is 0. The molecule has 1 unspecified atom stereocenters. The lowest BCUT2D eigenvalue weighted by molar-refractivity contribution is -0.147. The third-order valence-corrected chi connectivity index (χ3v) is 2.39. The Morgan fingerprint density at radius 3 is 2.75 bits per heavy atom. The summed E-state index contributed by atoms with van der Waals surface area (Å²) in [4.78, 5) is 11.2. The lowest BCUT2D eigenvalue weighted by Crippen LogP contribution is -2.17. The smallest absolute Gasteiger partial charge is 0.309 e. The van der Waals surface area contributed by atoms with Gasteiger partial charge in [-0.05, 0) is 12.7 Å². The lowest BCUT2D eigenvalue weighted by atomic mass is 10.2. The quantitative estimate of drug-likeness (QED) is 0.475. The molecule has 2 nitrogen and oxygen atoms in total. The molecular weight excluding hydrogens is 172 g/mol. The Kier molecular flexibility index (Phi) is 7.36. The molecule has 0 aromatic carbocycles. The van der Waals surface area contributed by atoms with E-state index in [2.05, 4.69) is 6.92 Å². The molecule has 1 atom stereocenters. The largest absolute Gasteiger partial charge is 0.465 e. The number of esters is 1. The van der Waals surface area contributed by atoms with Crippen molar-refractivity contribution in [3.05, 3.63) is 0 Å². The first-order valence-corrected chi connectivity index (χ1v) is 5.77. The van der Waals surface area contributed by atoms with Gasteiger partial charge in [-0.25, -0.2) is 0 Å². The maximum Gasteiger partial charge on any atom is 0.309 e. The molecule has 0 aliphatic carbocycles. The number of ether oxygens (including phenoxy) is 1. The summed E-state index contributed by atoms with van der Waals surface area (Å²) in [5.74, 6) is 0.833. The fourth-order valence-corrected chi connectivity index (χ4v) is 1.41. The molecule has 0 saturated carbocycles. The van der Waals surface area contributed by atoms with E-state index in [1.165, 1.54) is 0 Å². The number of unbranched alkanes of at least 4 members (excludes halogenated alkanes) is 1. The summed E-state index contributed by atoms with van der Waals surface area (Å²) in [6.07, 6.45) is 4.04. The van der Waals surface area contributed by atoms with Gasteiger partial charge in [-0.1, -0.05) is 20.3 Å². The molecule has 3 heteroatoms. The minimum atomic E-state index is -0.0576. The van der Waals surface area contributed by atoms with Crippen molar-refractivity contribution in [2.75, 3.05) is 18.6 Å². The van der Waals surface area contributed by atoms with Crippen LogP contribution < -0.4 is 0 Å². The number of carbonyl (C=O) groups is 1. The molecule has 0 heterocycles. The number of hydrogen-bond acceptors (Lipinski definition) is 3. The van der Waals surface area contributed by atoms with E-state index >= 15 is 0 Å². The van der Waals surface area contributed by atoms with Crippen LogP contribution in [0.1, 0.15) is 26.7 Å². The summed E-state index contributed by atoms with van der Waals surface area (Å²) in [5, 5.41) is 0. The van der Waals surface area contributed by atoms with Gasteiger partial charge in [0, 0.05) is 5.75 Å². The Labute approximate surface area is 79.1 Å². The van der Waals surface area contributed by atoms with Crippen molar-refractivity contribution in [1.29, 1.82) is 0 Å². The molecule has 12 heavy (non-hydrogen) atoms. The molecule has 0 fully saturated rings. The predicted octanol–water partition coefficient (Wildman–Crippen LogP) is 2.33. The molecule has 0 N–H and O–H groups in total. The fraction of sp³-hybridized carbons (Fsp3) is 0.889. The minimum Gasteiger partial charge on any atom is -0.465 e. The maximum absolute atomic E-state index is 11.2. The van der Waals surface area contributed by atoms with Gasteiger partial charge in [-0.15, -0.1) is 0 Å². The van der Waals surface area contributed by atoms with Crippen LogP contribution in [0.4, 0.5) is 0 Å². The molecule has 0 rings (SSSR count). The van der Waals surface area contributed by atoms with E-state index in [-0.39, 0.29) is 11.9 Å². The van der Waals surface area contributed by atoms with Crippen molar-refractivity contribution in [1.82, 2.24) is 0 Å². The summed E-state index contributed by atoms with van der Waals surface area (Å²) in [6.45, 7) is 4.57. The zero-order valence-corrected chi connectivity index (χ0v) is 8.95. The molecule has 0 saturated heterocycles. The number of rotatable bonds is 6. The standard InChI is InChI=1S/C9H18O2S/c1-4-5-6-11-9(10)8(2)7-12-3/h8H,4-7H2,1-3H3. The average Bonchev–Trinajstić information content (AvgIpc) is 2.05. The van der Waals surface area contributed by atoms with E-state index in [1.807, 2.05) is 13.2 Å². The highest BCUT2D eigenvalue weighted by Gasteiger charge is 2.12. The van der Waals surface area contributed by atoms with Crippen LogP contribution in [0.3, 0.4) is 0 Å². The monoisotopic (exact) mass is 190 g/mol. The normalized spacial score (nSPS) is 12.6. The molecule has 0 bridgehead atoms. The second kappa shape index (κ2) is 7.47. The molecule has 0 aromatic rings. The van der Waals surface area contributed by atoms with Crippen molar-refractivity contribution < 1.29 is 9.53 Å². The second-order valence-corrected chi connectivity index (χ2v) is 3.79. The van der Waals surface area contributed by atoms with E-state index in [0.29, 0.717) is 6.61 Å². The van der Waals surface area contributed by atoms with E-state index in [0.717, 1.165) is 18.6 Å². The third kappa shape index (κ3) is 5.47. The van der Waals surface area contributed by atoms with Crippen molar-refractivity contribution in [3.63, 3.8) is 0 Å². The highest BCUT2D eigenvalue weighted by molar-refractivity contribution is 7.98. The average molecular weight is 190 g/mol. The Morgan fingerprint density at radius 1 is 1.58 bits per heavy atom. The van der Waals surface area contributed by atoms with Crippen molar-refractivity contribution in [3.8, 4) is 0 Å². The second-order valence-electron chi connectivity index (χ2n) is 2.88. The van der Waals surface area contributed by atoms with Crippen LogP contribution in [-0.2, 0) is 9.53 Å². The van der Waals surface area contributed by atoms with Crippen LogP contribution in [0, 0.1) is 5.92 Å². The fourth-order valence-electron chi connectivity index (χ4n) is 0.777. The number of carbonyl (C=O) groups excluding carboxylic acids is 1. The van der Waals surface area contributed by atoms with Gasteiger partial charge in [0.1, 0.15) is 0 Å². The topological polar surface area (TPSA) is 26.3 Å². The van der Waals surface area contributed by atoms with Crippen LogP contribution in [0.25, 0.3) is 0 Å². The van der Waals surface area contributed by atoms with Gasteiger partial charge in [0.15, 0.2) is 0 Å². The zero-order valence-electron chi connectivity index (χ0n) is 8.13. The van der Waals surface area contributed by atoms with Gasteiger partial charge in [0.05, 0.1) is 12.5 Å². The Morgan fingerprint density at radius 2 is 2.25 bits per heavy atom. The van der Waals surface area contributed by atoms with E-state index in [9.17, 15) is 4.79 Å². The molecule has 0 radical (unpaired) electrons. The highest BCUT2D eigenvalue weighted by atomic mass is 32.2. The van der Waals surface area contributed by atoms with Crippen molar-refractivity contribution in [2.24, 2.45) is 5.92 Å². The first kappa shape index (κ1) is 11.8. The summed E-state index contributed by atoms with van der Waals surface area (Å²) in [6, 6.07) is 0. The minimum absolute atomic E-state index is 0.0388. The molecule has 0 aromatic heterocycles. The van der Waals surface area contributed by atoms with Crippen LogP contribution in [-0.4, -0.2) is 24.6 Å². The van der Waals surface area contributed by atoms with Crippen LogP contribution in [0.5, 0.6) is 0 Å². The SMILES string of the molecule is CCCCOC(=O)C(C)CSC. The summed E-state index contributed by atoms with van der Waals surface area (Å²) >= 11 is 1.68. The molecular formula is C9H18O2S. The maximum atomic E-state index is 11.2. The molecule has 0 spiro atoms. The van der Waals surface area contributed by atoms with Crippen LogP contribution in [0.2, 0.25) is 0 Å². The summed E-state index contributed by atoms with van der Waals surface area (Å²) in [7, 11) is 0. The van der Waals surface area contributed by atoms with E-state index in [4.69, 9.17) is 4.74 Å². The Bertz CT molecular complexity index is 126. The predicted molar refractivity (Wildman–Crippen MR) is 53.4 cm³/mol. The van der Waals surface area contributed by atoms with Gasteiger partial charge in [0.25, 0.3) is 0 Å². The third-order valence-electron chi connectivity index (χ3n) is 1.56. The van der Waals surface area contributed by atoms with Crippen LogP contribution >= 0.6 is 11.8 Å². The number of thioether (sulfide) groups is 1. The lowest BCUT2D eigenvalue weighted by Gasteiger charge is -2.09. The van der Waals surface area contributed by atoms with Crippen molar-refractivity contribution in [2.45, 2.75) is 26.7 Å². The molecule has 72 valence electrons. The van der Waals surface area contributed by atoms with Gasteiger partial charge >= 0.3 is 5.97 Å². The van der Waals surface area contributed by atoms with E-state index < -0.39 is 0 Å². The molecule has 0 aliphatic rings. The Balaban J connectivity index is 3.43. The Hall–Kier alpha value is -0.180. The zero-order chi connectivity index (χ0) is 9.40. The van der Waals surface area contributed by atoms with Gasteiger partial charge in [0.2, 0.25) is 0 Å². The van der Waals surface area contributed by atoms with Gasteiger partial charge in [-0.3, -0.25) is 4.79 Å². The summed E-state index contributed by atoms with van der Waals surface area (Å²) in [5.41, 5.74) is 0. The van der Waals surface area contributed by atoms with Gasteiger partial charge in [-0.2, -0.15) is 11.8 Å². The molecule has 0 aliphatic heterocycles.